The fourth-order valence-corrected chi connectivity index (χ4v) is 4.54. The number of hydrogen-bond donors (Lipinski definition) is 1. The van der Waals surface area contributed by atoms with Crippen molar-refractivity contribution in [3.05, 3.63) is 53.1 Å². The lowest BCUT2D eigenvalue weighted by molar-refractivity contribution is 0.0779. The monoisotopic (exact) mass is 404 g/mol. The molecule has 1 heterocycles. The molecule has 150 valence electrons. The number of sulfone groups is 1. The molecule has 0 aromatic heterocycles. The third-order valence-electron chi connectivity index (χ3n) is 4.81. The second-order valence-corrected chi connectivity index (χ2v) is 8.96. The number of methoxy groups -OCH3 is 1. The summed E-state index contributed by atoms with van der Waals surface area (Å²) in [6.45, 7) is 2.62. The van der Waals surface area contributed by atoms with Crippen molar-refractivity contribution >= 4 is 21.4 Å². The van der Waals surface area contributed by atoms with E-state index in [2.05, 4.69) is 0 Å². The van der Waals surface area contributed by atoms with Crippen LogP contribution >= 0.6 is 0 Å². The van der Waals surface area contributed by atoms with E-state index in [0.29, 0.717) is 41.5 Å². The Kier molecular flexibility index (Phi) is 5.51. The average Bonchev–Trinajstić information content (AvgIpc) is 2.96. The first kappa shape index (κ1) is 20.0. The van der Waals surface area contributed by atoms with Crippen LogP contribution in [0.3, 0.4) is 0 Å². The summed E-state index contributed by atoms with van der Waals surface area (Å²) < 4.78 is 36.0. The van der Waals surface area contributed by atoms with Crippen molar-refractivity contribution in [1.29, 1.82) is 0 Å². The first-order chi connectivity index (χ1) is 13.3. The molecule has 3 rings (SSSR count). The molecule has 0 aliphatic carbocycles. The normalized spacial score (nSPS) is 14.7. The van der Waals surface area contributed by atoms with E-state index >= 15 is 0 Å². The summed E-state index contributed by atoms with van der Waals surface area (Å²) >= 11 is 0. The zero-order valence-electron chi connectivity index (χ0n) is 16.1. The lowest BCUT2D eigenvalue weighted by Gasteiger charge is -2.24. The number of fused-ring (bicyclic) bond motifs is 1. The van der Waals surface area contributed by atoms with E-state index in [-0.39, 0.29) is 12.5 Å². The van der Waals surface area contributed by atoms with Gasteiger partial charge in [0.1, 0.15) is 5.25 Å². The van der Waals surface area contributed by atoms with Crippen molar-refractivity contribution in [2.75, 3.05) is 32.3 Å². The summed E-state index contributed by atoms with van der Waals surface area (Å²) in [4.78, 5) is 14.3. The van der Waals surface area contributed by atoms with Gasteiger partial charge in [-0.05, 0) is 36.2 Å². The highest BCUT2D eigenvalue weighted by Crippen LogP contribution is 2.35. The number of ether oxygens (including phenoxy) is 2. The largest absolute Gasteiger partial charge is 0.493 e. The molecular formula is C20H24N2O5S. The molecule has 0 radical (unpaired) electrons. The standard InChI is InChI=1S/C20H24N2O5S/c1-4-27-17-10-13(8-9-16(17)26-2)18(28(3,24)25)12-22-11-14-6-5-7-15(21)19(14)20(22)23/h5-10,18H,4,11-12,21H2,1-3H3. The Balaban J connectivity index is 1.94. The molecule has 0 fully saturated rings. The number of amides is 1. The Labute approximate surface area is 165 Å². The van der Waals surface area contributed by atoms with Crippen molar-refractivity contribution in [2.24, 2.45) is 0 Å². The van der Waals surface area contributed by atoms with E-state index in [1.807, 2.05) is 13.0 Å². The summed E-state index contributed by atoms with van der Waals surface area (Å²) in [5.41, 5.74) is 8.16. The molecule has 1 aliphatic heterocycles. The molecule has 0 spiro atoms. The van der Waals surface area contributed by atoms with Crippen LogP contribution in [0.4, 0.5) is 5.69 Å². The molecule has 8 heteroatoms. The maximum atomic E-state index is 12.8. The lowest BCUT2D eigenvalue weighted by Crippen LogP contribution is -2.32. The summed E-state index contributed by atoms with van der Waals surface area (Å²) in [7, 11) is -1.98. The Hall–Kier alpha value is -2.74. The molecule has 2 aromatic rings. The van der Waals surface area contributed by atoms with Gasteiger partial charge in [0.25, 0.3) is 5.91 Å². The summed E-state index contributed by atoms with van der Waals surface area (Å²) in [5, 5.41) is -0.892. The molecule has 1 atom stereocenters. The zero-order valence-corrected chi connectivity index (χ0v) is 17.0. The highest BCUT2D eigenvalue weighted by Gasteiger charge is 2.34. The summed E-state index contributed by atoms with van der Waals surface area (Å²) in [5.74, 6) is 0.743. The highest BCUT2D eigenvalue weighted by molar-refractivity contribution is 7.91. The zero-order chi connectivity index (χ0) is 20.5. The molecule has 7 nitrogen and oxygen atoms in total. The van der Waals surface area contributed by atoms with Crippen LogP contribution in [0.5, 0.6) is 11.5 Å². The third kappa shape index (κ3) is 3.77. The third-order valence-corrected chi connectivity index (χ3v) is 6.26. The van der Waals surface area contributed by atoms with E-state index in [1.54, 1.807) is 30.3 Å². The lowest BCUT2D eigenvalue weighted by atomic mass is 10.1. The van der Waals surface area contributed by atoms with Crippen molar-refractivity contribution in [3.63, 3.8) is 0 Å². The van der Waals surface area contributed by atoms with Crippen LogP contribution in [-0.2, 0) is 16.4 Å². The Bertz CT molecular complexity index is 1000. The average molecular weight is 404 g/mol. The van der Waals surface area contributed by atoms with Gasteiger partial charge in [-0.15, -0.1) is 0 Å². The molecule has 1 aliphatic rings. The predicted octanol–water partition coefficient (Wildman–Crippen LogP) is 2.42. The number of nitrogens with two attached hydrogens (primary N) is 1. The van der Waals surface area contributed by atoms with Crippen molar-refractivity contribution in [3.8, 4) is 11.5 Å². The van der Waals surface area contributed by atoms with Gasteiger partial charge in [0.05, 0.1) is 19.3 Å². The smallest absolute Gasteiger partial charge is 0.256 e. The minimum atomic E-state index is -3.50. The highest BCUT2D eigenvalue weighted by atomic mass is 32.2. The number of nitrogen functional groups attached to an aromatic ring is 1. The molecule has 1 unspecified atom stereocenters. The van der Waals surface area contributed by atoms with E-state index in [1.165, 1.54) is 18.3 Å². The first-order valence-electron chi connectivity index (χ1n) is 8.92. The second kappa shape index (κ2) is 7.71. The Morgan fingerprint density at radius 2 is 1.96 bits per heavy atom. The van der Waals surface area contributed by atoms with Gasteiger partial charge in [-0.25, -0.2) is 8.42 Å². The van der Waals surface area contributed by atoms with Gasteiger partial charge in [-0.3, -0.25) is 4.79 Å². The van der Waals surface area contributed by atoms with Crippen LogP contribution in [0.25, 0.3) is 0 Å². The van der Waals surface area contributed by atoms with Gasteiger partial charge < -0.3 is 20.1 Å². The van der Waals surface area contributed by atoms with Gasteiger partial charge in [0.2, 0.25) is 0 Å². The number of nitrogens with zero attached hydrogens (tertiary/aromatic N) is 1. The number of rotatable bonds is 7. The number of carbonyl (C=O) groups is 1. The molecule has 1 amide bonds. The van der Waals surface area contributed by atoms with Crippen LogP contribution in [0.2, 0.25) is 0 Å². The van der Waals surface area contributed by atoms with Crippen LogP contribution in [0.1, 0.15) is 33.7 Å². The van der Waals surface area contributed by atoms with Gasteiger partial charge in [-0.2, -0.15) is 0 Å². The second-order valence-electron chi connectivity index (χ2n) is 6.73. The van der Waals surface area contributed by atoms with Crippen LogP contribution < -0.4 is 15.2 Å². The minimum Gasteiger partial charge on any atom is -0.493 e. The summed E-state index contributed by atoms with van der Waals surface area (Å²) in [6.07, 6.45) is 1.17. The topological polar surface area (TPSA) is 98.9 Å². The number of anilines is 1. The maximum Gasteiger partial charge on any atom is 0.256 e. The van der Waals surface area contributed by atoms with Gasteiger partial charge in [-0.1, -0.05) is 18.2 Å². The number of carbonyl (C=O) groups excluding carboxylic acids is 1. The van der Waals surface area contributed by atoms with Crippen LogP contribution in [0.15, 0.2) is 36.4 Å². The Morgan fingerprint density at radius 3 is 2.57 bits per heavy atom. The molecule has 0 bridgehead atoms. The SMILES string of the molecule is CCOc1cc(C(CN2Cc3cccc(N)c3C2=O)S(C)(=O)=O)ccc1OC. The Morgan fingerprint density at radius 1 is 1.21 bits per heavy atom. The fraction of sp³-hybridized carbons (Fsp3) is 0.350. The summed E-state index contributed by atoms with van der Waals surface area (Å²) in [6, 6.07) is 10.3. The molecule has 28 heavy (non-hydrogen) atoms. The van der Waals surface area contributed by atoms with E-state index < -0.39 is 15.1 Å². The van der Waals surface area contributed by atoms with Gasteiger partial charge >= 0.3 is 0 Å². The van der Waals surface area contributed by atoms with E-state index in [0.717, 1.165) is 5.56 Å². The quantitative estimate of drug-likeness (QED) is 0.712. The van der Waals surface area contributed by atoms with Crippen molar-refractivity contribution < 1.29 is 22.7 Å². The van der Waals surface area contributed by atoms with Crippen LogP contribution in [-0.4, -0.2) is 45.7 Å². The van der Waals surface area contributed by atoms with E-state index in [9.17, 15) is 13.2 Å². The molecular weight excluding hydrogens is 380 g/mol. The van der Waals surface area contributed by atoms with Gasteiger partial charge in [0.15, 0.2) is 21.3 Å². The van der Waals surface area contributed by atoms with Crippen molar-refractivity contribution in [2.45, 2.75) is 18.7 Å². The molecule has 2 aromatic carbocycles. The number of hydrogen-bond acceptors (Lipinski definition) is 6. The maximum absolute atomic E-state index is 12.8. The predicted molar refractivity (Wildman–Crippen MR) is 107 cm³/mol. The number of benzene rings is 2. The van der Waals surface area contributed by atoms with Gasteiger partial charge in [0, 0.05) is 25.0 Å². The van der Waals surface area contributed by atoms with Crippen LogP contribution in [0, 0.1) is 0 Å². The molecule has 0 saturated carbocycles. The first-order valence-corrected chi connectivity index (χ1v) is 10.9. The molecule has 2 N–H and O–H groups in total. The molecule has 0 saturated heterocycles. The minimum absolute atomic E-state index is 0.0314. The fourth-order valence-electron chi connectivity index (χ4n) is 3.45. The van der Waals surface area contributed by atoms with E-state index in [4.69, 9.17) is 15.2 Å². The van der Waals surface area contributed by atoms with Crippen molar-refractivity contribution in [1.82, 2.24) is 4.90 Å².